The lowest BCUT2D eigenvalue weighted by atomic mass is 10.2. The highest BCUT2D eigenvalue weighted by atomic mass is 32.2. The summed E-state index contributed by atoms with van der Waals surface area (Å²) in [6.45, 7) is 3.65. The van der Waals surface area contributed by atoms with Crippen LogP contribution in [-0.4, -0.2) is 40.7 Å². The van der Waals surface area contributed by atoms with Crippen LogP contribution in [0.3, 0.4) is 0 Å². The van der Waals surface area contributed by atoms with Crippen molar-refractivity contribution in [3.63, 3.8) is 0 Å². The molecule has 0 saturated carbocycles. The summed E-state index contributed by atoms with van der Waals surface area (Å²) in [6.07, 6.45) is 1.10. The average Bonchev–Trinajstić information content (AvgIpc) is 2.62. The predicted octanol–water partition coefficient (Wildman–Crippen LogP) is 2.74. The number of halogens is 2. The third-order valence-corrected chi connectivity index (χ3v) is 5.03. The van der Waals surface area contributed by atoms with Gasteiger partial charge in [0.05, 0.1) is 4.90 Å². The number of rotatable bonds is 5. The van der Waals surface area contributed by atoms with E-state index in [1.54, 1.807) is 17.0 Å². The van der Waals surface area contributed by atoms with E-state index < -0.39 is 27.3 Å². The summed E-state index contributed by atoms with van der Waals surface area (Å²) < 4.78 is 51.5. The Morgan fingerprint density at radius 1 is 1.03 bits per heavy atom. The topological polar surface area (TPSA) is 115 Å². The Balaban J connectivity index is 2.17. The van der Waals surface area contributed by atoms with Crippen LogP contribution in [-0.2, 0) is 9.84 Å². The van der Waals surface area contributed by atoms with Crippen LogP contribution in [0.1, 0.15) is 13.8 Å². The number of nitrogens with two attached hydrogens (primary N) is 1. The maximum absolute atomic E-state index is 14.1. The van der Waals surface area contributed by atoms with Gasteiger partial charge in [0, 0.05) is 18.0 Å². The molecule has 8 nitrogen and oxygen atoms in total. The fourth-order valence-electron chi connectivity index (χ4n) is 2.68. The SMILES string of the molecule is CC(C)N(c1cccc(S(C)(=O)=O)c1)c1nc(N)nc(-c2nc(F)ccc2F)n1. The molecule has 0 aliphatic rings. The van der Waals surface area contributed by atoms with Gasteiger partial charge in [0.2, 0.25) is 17.8 Å². The second kappa shape index (κ2) is 7.66. The molecule has 3 rings (SSSR count). The van der Waals surface area contributed by atoms with Crippen LogP contribution in [0, 0.1) is 11.8 Å². The first kappa shape index (κ1) is 20.5. The zero-order chi connectivity index (χ0) is 21.3. The standard InChI is InChI=1S/C18H18F2N6O2S/c1-10(2)26(11-5-4-6-12(9-11)29(3,27)28)18-24-16(23-17(21)25-18)15-13(19)7-8-14(20)22-15/h4-10H,1-3H3,(H2,21,23,24,25). The fraction of sp³-hybridized carbons (Fsp3) is 0.222. The van der Waals surface area contributed by atoms with Gasteiger partial charge in [-0.2, -0.15) is 19.3 Å². The molecular weight excluding hydrogens is 402 g/mol. The van der Waals surface area contributed by atoms with Crippen molar-refractivity contribution in [2.45, 2.75) is 24.8 Å². The molecular formula is C18H18F2N6O2S. The molecule has 152 valence electrons. The molecule has 2 N–H and O–H groups in total. The molecule has 0 unspecified atom stereocenters. The summed E-state index contributed by atoms with van der Waals surface area (Å²) in [4.78, 5) is 17.4. The van der Waals surface area contributed by atoms with Crippen molar-refractivity contribution in [1.29, 1.82) is 0 Å². The van der Waals surface area contributed by atoms with Crippen molar-refractivity contribution < 1.29 is 17.2 Å². The molecule has 0 spiro atoms. The van der Waals surface area contributed by atoms with E-state index in [0.29, 0.717) is 5.69 Å². The summed E-state index contributed by atoms with van der Waals surface area (Å²) in [6, 6.07) is 7.75. The highest BCUT2D eigenvalue weighted by molar-refractivity contribution is 7.90. The van der Waals surface area contributed by atoms with Crippen LogP contribution in [0.2, 0.25) is 0 Å². The van der Waals surface area contributed by atoms with Gasteiger partial charge in [-0.3, -0.25) is 0 Å². The minimum absolute atomic E-state index is 0.0404. The first-order valence-electron chi connectivity index (χ1n) is 8.49. The van der Waals surface area contributed by atoms with E-state index in [1.165, 1.54) is 12.1 Å². The Kier molecular flexibility index (Phi) is 5.42. The zero-order valence-electron chi connectivity index (χ0n) is 15.8. The van der Waals surface area contributed by atoms with E-state index in [1.807, 2.05) is 13.8 Å². The number of nitrogen functional groups attached to an aromatic ring is 1. The first-order chi connectivity index (χ1) is 13.6. The maximum atomic E-state index is 14.1. The van der Waals surface area contributed by atoms with Gasteiger partial charge in [0.15, 0.2) is 21.5 Å². The lowest BCUT2D eigenvalue weighted by Crippen LogP contribution is -2.28. The van der Waals surface area contributed by atoms with Gasteiger partial charge in [-0.25, -0.2) is 17.8 Å². The van der Waals surface area contributed by atoms with Gasteiger partial charge >= 0.3 is 0 Å². The third kappa shape index (κ3) is 4.45. The molecule has 1 aromatic carbocycles. The van der Waals surface area contributed by atoms with Crippen molar-refractivity contribution in [3.05, 3.63) is 48.2 Å². The Hall–Kier alpha value is -3.21. The van der Waals surface area contributed by atoms with Gasteiger partial charge in [-0.05, 0) is 44.2 Å². The molecule has 29 heavy (non-hydrogen) atoms. The molecule has 2 aromatic heterocycles. The Morgan fingerprint density at radius 3 is 2.41 bits per heavy atom. The number of hydrogen-bond donors (Lipinski definition) is 1. The van der Waals surface area contributed by atoms with Crippen molar-refractivity contribution in [1.82, 2.24) is 19.9 Å². The van der Waals surface area contributed by atoms with Crippen molar-refractivity contribution >= 4 is 27.4 Å². The average molecular weight is 420 g/mol. The third-order valence-electron chi connectivity index (χ3n) is 3.92. The van der Waals surface area contributed by atoms with Gasteiger partial charge in [-0.1, -0.05) is 6.07 Å². The minimum Gasteiger partial charge on any atom is -0.368 e. The van der Waals surface area contributed by atoms with Crippen LogP contribution in [0.5, 0.6) is 0 Å². The van der Waals surface area contributed by atoms with Gasteiger partial charge < -0.3 is 10.6 Å². The van der Waals surface area contributed by atoms with E-state index in [0.717, 1.165) is 18.4 Å². The lowest BCUT2D eigenvalue weighted by Gasteiger charge is -2.27. The number of pyridine rings is 1. The molecule has 0 atom stereocenters. The summed E-state index contributed by atoms with van der Waals surface area (Å²) in [5.74, 6) is -2.14. The molecule has 0 saturated heterocycles. The summed E-state index contributed by atoms with van der Waals surface area (Å²) in [7, 11) is -3.44. The van der Waals surface area contributed by atoms with E-state index in [9.17, 15) is 17.2 Å². The van der Waals surface area contributed by atoms with Crippen LogP contribution in [0.4, 0.5) is 26.4 Å². The normalized spacial score (nSPS) is 11.7. The van der Waals surface area contributed by atoms with Gasteiger partial charge in [0.1, 0.15) is 5.69 Å². The van der Waals surface area contributed by atoms with Gasteiger partial charge in [-0.15, -0.1) is 0 Å². The molecule has 0 aliphatic heterocycles. The van der Waals surface area contributed by atoms with Crippen LogP contribution >= 0.6 is 0 Å². The Labute approximate surface area is 166 Å². The summed E-state index contributed by atoms with van der Waals surface area (Å²) in [5, 5.41) is 0. The predicted molar refractivity (Wildman–Crippen MR) is 104 cm³/mol. The number of nitrogens with zero attached hydrogens (tertiary/aromatic N) is 5. The molecule has 0 bridgehead atoms. The van der Waals surface area contributed by atoms with Crippen LogP contribution in [0.15, 0.2) is 41.3 Å². The lowest BCUT2D eigenvalue weighted by molar-refractivity contribution is 0.562. The van der Waals surface area contributed by atoms with E-state index in [4.69, 9.17) is 5.73 Å². The van der Waals surface area contributed by atoms with E-state index in [2.05, 4.69) is 19.9 Å². The fourth-order valence-corrected chi connectivity index (χ4v) is 3.34. The molecule has 11 heteroatoms. The maximum Gasteiger partial charge on any atom is 0.235 e. The first-order valence-corrected chi connectivity index (χ1v) is 10.4. The number of anilines is 3. The highest BCUT2D eigenvalue weighted by Crippen LogP contribution is 2.29. The molecule has 0 aliphatic carbocycles. The molecule has 0 radical (unpaired) electrons. The number of aromatic nitrogens is 4. The number of sulfone groups is 1. The zero-order valence-corrected chi connectivity index (χ0v) is 16.7. The molecule has 0 fully saturated rings. The molecule has 3 aromatic rings. The summed E-state index contributed by atoms with van der Waals surface area (Å²) >= 11 is 0. The smallest absolute Gasteiger partial charge is 0.235 e. The van der Waals surface area contributed by atoms with Crippen LogP contribution < -0.4 is 10.6 Å². The second-order valence-corrected chi connectivity index (χ2v) is 8.53. The van der Waals surface area contributed by atoms with Crippen molar-refractivity contribution in [3.8, 4) is 11.5 Å². The quantitative estimate of drug-likeness (QED) is 0.627. The monoisotopic (exact) mass is 420 g/mol. The van der Waals surface area contributed by atoms with Crippen LogP contribution in [0.25, 0.3) is 11.5 Å². The largest absolute Gasteiger partial charge is 0.368 e. The molecule has 2 heterocycles. The Morgan fingerprint density at radius 2 is 1.76 bits per heavy atom. The number of benzene rings is 1. The minimum atomic E-state index is -3.44. The number of hydrogen-bond acceptors (Lipinski definition) is 8. The van der Waals surface area contributed by atoms with E-state index in [-0.39, 0.29) is 28.7 Å². The van der Waals surface area contributed by atoms with E-state index >= 15 is 0 Å². The second-order valence-electron chi connectivity index (χ2n) is 6.51. The Bertz CT molecular complexity index is 1170. The summed E-state index contributed by atoms with van der Waals surface area (Å²) in [5.41, 5.74) is 5.84. The molecule has 0 amide bonds. The van der Waals surface area contributed by atoms with Crippen molar-refractivity contribution in [2.75, 3.05) is 16.9 Å². The van der Waals surface area contributed by atoms with Gasteiger partial charge in [0.25, 0.3) is 0 Å². The highest BCUT2D eigenvalue weighted by Gasteiger charge is 2.22. The van der Waals surface area contributed by atoms with Crippen molar-refractivity contribution in [2.24, 2.45) is 0 Å².